The Kier molecular flexibility index (Phi) is 6.64. The van der Waals surface area contributed by atoms with Crippen LogP contribution in [-0.4, -0.2) is 49.5 Å². The Balaban J connectivity index is 2.03. The van der Waals surface area contributed by atoms with Crippen molar-refractivity contribution in [3.63, 3.8) is 0 Å². The third kappa shape index (κ3) is 3.89. The molecule has 2 aliphatic rings. The van der Waals surface area contributed by atoms with E-state index in [2.05, 4.69) is 4.98 Å². The van der Waals surface area contributed by atoms with Crippen LogP contribution in [0.15, 0.2) is 9.59 Å². The molecule has 10 heteroatoms. The van der Waals surface area contributed by atoms with E-state index in [0.717, 1.165) is 19.3 Å². The van der Waals surface area contributed by atoms with E-state index in [0.29, 0.717) is 38.1 Å². The van der Waals surface area contributed by atoms with Gasteiger partial charge in [0, 0.05) is 25.3 Å². The van der Waals surface area contributed by atoms with E-state index in [1.165, 1.54) is 9.47 Å². The van der Waals surface area contributed by atoms with Gasteiger partial charge >= 0.3 is 5.69 Å². The third-order valence-electron chi connectivity index (χ3n) is 5.95. The Morgan fingerprint density at radius 1 is 1.27 bits per heavy atom. The van der Waals surface area contributed by atoms with Crippen LogP contribution in [0.1, 0.15) is 59.3 Å². The monoisotopic (exact) mass is 437 g/mol. The summed E-state index contributed by atoms with van der Waals surface area (Å²) in [5.41, 5.74) is 5.02. The van der Waals surface area contributed by atoms with E-state index >= 15 is 0 Å². The van der Waals surface area contributed by atoms with Crippen LogP contribution in [0.3, 0.4) is 0 Å². The van der Waals surface area contributed by atoms with E-state index in [1.807, 2.05) is 20.8 Å². The van der Waals surface area contributed by atoms with Gasteiger partial charge in [-0.2, -0.15) is 0 Å². The first kappa shape index (κ1) is 22.5. The number of nitrogens with two attached hydrogens (primary N) is 1. The number of fused-ring (bicyclic) bond motifs is 1. The van der Waals surface area contributed by atoms with E-state index < -0.39 is 17.3 Å². The van der Waals surface area contributed by atoms with Crippen LogP contribution < -0.4 is 21.9 Å². The van der Waals surface area contributed by atoms with Crippen LogP contribution in [0, 0.1) is 0 Å². The molecule has 0 radical (unpaired) electrons. The quantitative estimate of drug-likeness (QED) is 0.636. The van der Waals surface area contributed by atoms with Crippen molar-refractivity contribution in [2.75, 3.05) is 22.9 Å². The van der Waals surface area contributed by atoms with Crippen LogP contribution in [0.4, 0.5) is 11.5 Å². The number of carbonyl (C=O) groups is 2. The zero-order valence-corrected chi connectivity index (χ0v) is 18.7. The average molecular weight is 438 g/mol. The fraction of sp³-hybridized carbons (Fsp3) is 0.700. The summed E-state index contributed by atoms with van der Waals surface area (Å²) in [4.78, 5) is 56.1. The molecule has 2 amide bonds. The predicted octanol–water partition coefficient (Wildman–Crippen LogP) is 1.51. The van der Waals surface area contributed by atoms with Gasteiger partial charge in [0.1, 0.15) is 11.9 Å². The number of aromatic nitrogens is 2. The molecule has 1 aromatic heterocycles. The number of nitrogens with zero attached hydrogens (tertiary/aromatic N) is 3. The maximum absolute atomic E-state index is 13.6. The molecule has 3 heterocycles. The van der Waals surface area contributed by atoms with Crippen LogP contribution in [0.25, 0.3) is 0 Å². The summed E-state index contributed by atoms with van der Waals surface area (Å²) in [5, 5.41) is 0. The van der Waals surface area contributed by atoms with Crippen molar-refractivity contribution in [1.29, 1.82) is 0 Å². The molecule has 3 rings (SSSR count). The maximum atomic E-state index is 13.6. The first-order chi connectivity index (χ1) is 14.2. The first-order valence-corrected chi connectivity index (χ1v) is 11.6. The van der Waals surface area contributed by atoms with Crippen LogP contribution in [0.5, 0.6) is 0 Å². The van der Waals surface area contributed by atoms with Gasteiger partial charge in [-0.25, -0.2) is 4.79 Å². The summed E-state index contributed by atoms with van der Waals surface area (Å²) in [6.07, 6.45) is 4.19. The average Bonchev–Trinajstić information content (AvgIpc) is 3.19. The molecule has 2 aliphatic heterocycles. The van der Waals surface area contributed by atoms with E-state index in [9.17, 15) is 19.2 Å². The molecule has 3 N–H and O–H groups in total. The Labute approximate surface area is 180 Å². The van der Waals surface area contributed by atoms with Crippen molar-refractivity contribution in [3.8, 4) is 0 Å². The maximum Gasteiger partial charge on any atom is 0.330 e. The Morgan fingerprint density at radius 3 is 2.63 bits per heavy atom. The van der Waals surface area contributed by atoms with Crippen LogP contribution >= 0.6 is 11.8 Å². The normalized spacial score (nSPS) is 23.1. The molecule has 30 heavy (non-hydrogen) atoms. The number of nitrogens with one attached hydrogen (secondary N) is 1. The standard InChI is InChI=1S/C20H31N5O4S/c1-4-6-10-23(15-16(21)24(11-7-5-2)19(29)22-17(15)27)18(28)13-12-30-20(3)9-8-14(26)25(13)20/h13H,4-12,21H2,1-3H3,(H,22,27,29)/t13-,20+/m1/s1. The Hall–Kier alpha value is -2.23. The molecule has 2 fully saturated rings. The number of unbranched alkanes of at least 4 members (excludes halogenated alkanes) is 2. The van der Waals surface area contributed by atoms with Crippen molar-refractivity contribution < 1.29 is 9.59 Å². The minimum atomic E-state index is -0.670. The van der Waals surface area contributed by atoms with E-state index in [1.54, 1.807) is 16.7 Å². The molecule has 0 bridgehead atoms. The number of rotatable bonds is 8. The van der Waals surface area contributed by atoms with Crippen molar-refractivity contribution in [2.45, 2.75) is 76.8 Å². The lowest BCUT2D eigenvalue weighted by Crippen LogP contribution is -2.53. The highest BCUT2D eigenvalue weighted by atomic mass is 32.2. The lowest BCUT2D eigenvalue weighted by Gasteiger charge is -2.33. The highest BCUT2D eigenvalue weighted by molar-refractivity contribution is 8.01. The first-order valence-electron chi connectivity index (χ1n) is 10.6. The zero-order valence-electron chi connectivity index (χ0n) is 17.9. The summed E-state index contributed by atoms with van der Waals surface area (Å²) >= 11 is 1.60. The molecular formula is C20H31N5O4S. The van der Waals surface area contributed by atoms with E-state index in [4.69, 9.17) is 5.73 Å². The van der Waals surface area contributed by atoms with Gasteiger partial charge in [0.15, 0.2) is 5.69 Å². The lowest BCUT2D eigenvalue weighted by molar-refractivity contribution is -0.136. The largest absolute Gasteiger partial charge is 0.383 e. The number of thioether (sulfide) groups is 1. The number of anilines is 2. The molecule has 9 nitrogen and oxygen atoms in total. The van der Waals surface area contributed by atoms with Gasteiger partial charge in [0.2, 0.25) is 5.91 Å². The number of carbonyl (C=O) groups excluding carboxylic acids is 2. The van der Waals surface area contributed by atoms with Gasteiger partial charge in [-0.1, -0.05) is 26.7 Å². The predicted molar refractivity (Wildman–Crippen MR) is 119 cm³/mol. The molecule has 0 aliphatic carbocycles. The summed E-state index contributed by atoms with van der Waals surface area (Å²) in [7, 11) is 0. The topological polar surface area (TPSA) is 121 Å². The highest BCUT2D eigenvalue weighted by Crippen LogP contribution is 2.47. The smallest absolute Gasteiger partial charge is 0.330 e. The van der Waals surface area contributed by atoms with Gasteiger partial charge in [-0.3, -0.25) is 23.9 Å². The molecule has 0 saturated carbocycles. The summed E-state index contributed by atoms with van der Waals surface area (Å²) in [6.45, 7) is 6.63. The zero-order chi connectivity index (χ0) is 22.1. The SMILES string of the molecule is CCCCN(C(=O)[C@H]1CS[C@@]2(C)CCC(=O)N12)c1c(N)n(CCCC)c(=O)[nH]c1=O. The minimum Gasteiger partial charge on any atom is -0.383 e. The summed E-state index contributed by atoms with van der Waals surface area (Å²) in [5.74, 6) is 0.137. The minimum absolute atomic E-state index is 0.00260. The number of hydrogen-bond acceptors (Lipinski definition) is 6. The molecule has 1 aromatic rings. The molecule has 2 saturated heterocycles. The fourth-order valence-electron chi connectivity index (χ4n) is 4.21. The third-order valence-corrected chi connectivity index (χ3v) is 7.46. The lowest BCUT2D eigenvalue weighted by atomic mass is 10.1. The number of hydrogen-bond donors (Lipinski definition) is 2. The van der Waals surface area contributed by atoms with Gasteiger partial charge in [-0.15, -0.1) is 11.8 Å². The molecule has 0 aromatic carbocycles. The molecule has 166 valence electrons. The second-order valence-electron chi connectivity index (χ2n) is 8.11. The molecule has 0 unspecified atom stereocenters. The van der Waals surface area contributed by atoms with Crippen LogP contribution in [0.2, 0.25) is 0 Å². The molecule has 2 atom stereocenters. The van der Waals surface area contributed by atoms with Crippen molar-refractivity contribution in [3.05, 3.63) is 20.8 Å². The number of nitrogen functional groups attached to an aromatic ring is 1. The Bertz CT molecular complexity index is 942. The summed E-state index contributed by atoms with van der Waals surface area (Å²) in [6, 6.07) is -0.637. The van der Waals surface area contributed by atoms with Gasteiger partial charge in [0.25, 0.3) is 11.5 Å². The van der Waals surface area contributed by atoms with Gasteiger partial charge in [0.05, 0.1) is 4.87 Å². The second-order valence-corrected chi connectivity index (χ2v) is 9.61. The summed E-state index contributed by atoms with van der Waals surface area (Å²) < 4.78 is 1.32. The Morgan fingerprint density at radius 2 is 1.97 bits per heavy atom. The van der Waals surface area contributed by atoms with Gasteiger partial charge < -0.3 is 15.5 Å². The van der Waals surface area contributed by atoms with Crippen molar-refractivity contribution in [1.82, 2.24) is 14.5 Å². The number of aromatic amines is 1. The van der Waals surface area contributed by atoms with Crippen molar-refractivity contribution >= 4 is 35.1 Å². The highest BCUT2D eigenvalue weighted by Gasteiger charge is 2.53. The van der Waals surface area contributed by atoms with E-state index in [-0.39, 0.29) is 28.2 Å². The van der Waals surface area contributed by atoms with Crippen molar-refractivity contribution in [2.24, 2.45) is 0 Å². The number of amides is 2. The molecular weight excluding hydrogens is 406 g/mol. The second kappa shape index (κ2) is 8.87. The van der Waals surface area contributed by atoms with Crippen LogP contribution in [-0.2, 0) is 16.1 Å². The fourth-order valence-corrected chi connectivity index (χ4v) is 5.63. The van der Waals surface area contributed by atoms with Gasteiger partial charge in [-0.05, 0) is 26.2 Å². The molecule has 0 spiro atoms. The number of H-pyrrole nitrogens is 1.